The number of hydrogen-bond acceptors (Lipinski definition) is 1. The molecule has 13 heavy (non-hydrogen) atoms. The Kier molecular flexibility index (Phi) is 2.83. The van der Waals surface area contributed by atoms with Crippen molar-refractivity contribution in [2.45, 2.75) is 38.4 Å². The van der Waals surface area contributed by atoms with Gasteiger partial charge in [-0.15, -0.1) is 11.8 Å². The van der Waals surface area contributed by atoms with Crippen LogP contribution < -0.4 is 0 Å². The molecule has 0 N–H and O–H groups in total. The second-order valence-electron chi connectivity index (χ2n) is 4.23. The Balaban J connectivity index is 2.01. The van der Waals surface area contributed by atoms with E-state index in [9.17, 15) is 0 Å². The maximum atomic E-state index is 2.50. The predicted molar refractivity (Wildman–Crippen MR) is 60.8 cm³/mol. The fraction of sp³-hybridized carbons (Fsp3) is 0.667. The van der Waals surface area contributed by atoms with Crippen molar-refractivity contribution in [1.82, 2.24) is 0 Å². The first-order valence-electron chi connectivity index (χ1n) is 5.30. The summed E-state index contributed by atoms with van der Waals surface area (Å²) in [6, 6.07) is 0. The van der Waals surface area contributed by atoms with E-state index in [1.807, 2.05) is 0 Å². The summed E-state index contributed by atoms with van der Waals surface area (Å²) >= 11 is 2.11. The minimum atomic E-state index is 0.783. The molecule has 0 bridgehead atoms. The molecule has 1 heteroatoms. The van der Waals surface area contributed by atoms with E-state index in [0.717, 1.165) is 17.1 Å². The van der Waals surface area contributed by atoms with Crippen LogP contribution >= 0.6 is 11.8 Å². The molecule has 0 aromatic rings. The molecule has 1 aliphatic carbocycles. The van der Waals surface area contributed by atoms with Crippen LogP contribution in [0.15, 0.2) is 23.1 Å². The third-order valence-electron chi connectivity index (χ3n) is 3.16. The predicted octanol–water partition coefficient (Wildman–Crippen LogP) is 4.00. The molecule has 3 atom stereocenters. The van der Waals surface area contributed by atoms with Crippen LogP contribution in [0.2, 0.25) is 0 Å². The summed E-state index contributed by atoms with van der Waals surface area (Å²) in [5.74, 6) is 1.63. The lowest BCUT2D eigenvalue weighted by Gasteiger charge is -2.18. The molecule has 2 rings (SSSR count). The Morgan fingerprint density at radius 2 is 2.15 bits per heavy atom. The SMILES string of the molecule is CC1C=C(C2CC=CCC2)S[C@H]1C. The summed E-state index contributed by atoms with van der Waals surface area (Å²) in [5, 5.41) is 0.806. The van der Waals surface area contributed by atoms with E-state index in [4.69, 9.17) is 0 Å². The van der Waals surface area contributed by atoms with E-state index in [2.05, 4.69) is 43.8 Å². The van der Waals surface area contributed by atoms with Crippen LogP contribution in [0.4, 0.5) is 0 Å². The molecule has 2 aliphatic rings. The van der Waals surface area contributed by atoms with Gasteiger partial charge in [-0.1, -0.05) is 32.1 Å². The van der Waals surface area contributed by atoms with Gasteiger partial charge in [0.15, 0.2) is 0 Å². The van der Waals surface area contributed by atoms with Crippen molar-refractivity contribution in [3.63, 3.8) is 0 Å². The van der Waals surface area contributed by atoms with Gasteiger partial charge in [-0.3, -0.25) is 0 Å². The van der Waals surface area contributed by atoms with Gasteiger partial charge in [0, 0.05) is 5.25 Å². The number of hydrogen-bond donors (Lipinski definition) is 0. The van der Waals surface area contributed by atoms with Crippen LogP contribution in [0.3, 0.4) is 0 Å². The van der Waals surface area contributed by atoms with E-state index in [-0.39, 0.29) is 0 Å². The van der Waals surface area contributed by atoms with E-state index in [0.29, 0.717) is 0 Å². The number of rotatable bonds is 1. The van der Waals surface area contributed by atoms with Crippen molar-refractivity contribution < 1.29 is 0 Å². The second kappa shape index (κ2) is 3.91. The minimum absolute atomic E-state index is 0.783. The van der Waals surface area contributed by atoms with Crippen LogP contribution in [-0.4, -0.2) is 5.25 Å². The molecule has 2 unspecified atom stereocenters. The first kappa shape index (κ1) is 9.39. The molecule has 0 aromatic carbocycles. The zero-order chi connectivity index (χ0) is 9.26. The molecular formula is C12H18S. The van der Waals surface area contributed by atoms with Crippen LogP contribution in [-0.2, 0) is 0 Å². The molecule has 0 saturated carbocycles. The highest BCUT2D eigenvalue weighted by Crippen LogP contribution is 2.43. The molecule has 1 aliphatic heterocycles. The van der Waals surface area contributed by atoms with Gasteiger partial charge in [-0.2, -0.15) is 0 Å². The average Bonchev–Trinajstić information content (AvgIpc) is 2.49. The van der Waals surface area contributed by atoms with Crippen molar-refractivity contribution in [2.24, 2.45) is 11.8 Å². The van der Waals surface area contributed by atoms with Crippen molar-refractivity contribution >= 4 is 11.8 Å². The lowest BCUT2D eigenvalue weighted by molar-refractivity contribution is 0.573. The molecule has 0 fully saturated rings. The number of thioether (sulfide) groups is 1. The van der Waals surface area contributed by atoms with Gasteiger partial charge in [0.2, 0.25) is 0 Å². The maximum Gasteiger partial charge on any atom is 0.0123 e. The Labute approximate surface area is 85.5 Å². The fourth-order valence-electron chi connectivity index (χ4n) is 2.04. The van der Waals surface area contributed by atoms with Gasteiger partial charge < -0.3 is 0 Å². The molecule has 0 amide bonds. The molecule has 0 spiro atoms. The molecular weight excluding hydrogens is 176 g/mol. The third-order valence-corrected chi connectivity index (χ3v) is 4.70. The Morgan fingerprint density at radius 1 is 1.31 bits per heavy atom. The summed E-state index contributed by atoms with van der Waals surface area (Å²) in [7, 11) is 0. The zero-order valence-electron chi connectivity index (χ0n) is 8.49. The summed E-state index contributed by atoms with van der Waals surface area (Å²) in [6.07, 6.45) is 11.1. The van der Waals surface area contributed by atoms with Crippen LogP contribution in [0.1, 0.15) is 33.1 Å². The lowest BCUT2D eigenvalue weighted by atomic mass is 9.92. The topological polar surface area (TPSA) is 0 Å². The summed E-state index contributed by atoms with van der Waals surface area (Å²) in [6.45, 7) is 4.68. The zero-order valence-corrected chi connectivity index (χ0v) is 9.31. The van der Waals surface area contributed by atoms with Crippen molar-refractivity contribution in [1.29, 1.82) is 0 Å². The van der Waals surface area contributed by atoms with Crippen LogP contribution in [0.25, 0.3) is 0 Å². The van der Waals surface area contributed by atoms with Gasteiger partial charge >= 0.3 is 0 Å². The van der Waals surface area contributed by atoms with E-state index >= 15 is 0 Å². The largest absolute Gasteiger partial charge is 0.127 e. The highest BCUT2D eigenvalue weighted by molar-refractivity contribution is 8.03. The van der Waals surface area contributed by atoms with Crippen molar-refractivity contribution in [3.05, 3.63) is 23.1 Å². The summed E-state index contributed by atoms with van der Waals surface area (Å²) in [5.41, 5.74) is 0. The van der Waals surface area contributed by atoms with E-state index < -0.39 is 0 Å². The molecule has 1 heterocycles. The fourth-order valence-corrected chi connectivity index (χ4v) is 3.46. The van der Waals surface area contributed by atoms with Gasteiger partial charge in [0.25, 0.3) is 0 Å². The first-order chi connectivity index (χ1) is 6.27. The van der Waals surface area contributed by atoms with E-state index in [1.165, 1.54) is 19.3 Å². The minimum Gasteiger partial charge on any atom is -0.127 e. The van der Waals surface area contributed by atoms with Gasteiger partial charge in [0.1, 0.15) is 0 Å². The highest BCUT2D eigenvalue weighted by Gasteiger charge is 2.25. The van der Waals surface area contributed by atoms with Gasteiger partial charge in [-0.25, -0.2) is 0 Å². The number of allylic oxidation sites excluding steroid dienone is 4. The molecule has 0 radical (unpaired) electrons. The Morgan fingerprint density at radius 3 is 2.69 bits per heavy atom. The molecule has 72 valence electrons. The molecule has 0 saturated heterocycles. The van der Waals surface area contributed by atoms with Crippen molar-refractivity contribution in [3.8, 4) is 0 Å². The third kappa shape index (κ3) is 2.01. The summed E-state index contributed by atoms with van der Waals surface area (Å²) in [4.78, 5) is 1.67. The Bertz CT molecular complexity index is 240. The van der Waals surface area contributed by atoms with E-state index in [1.54, 1.807) is 4.91 Å². The van der Waals surface area contributed by atoms with Crippen molar-refractivity contribution in [2.75, 3.05) is 0 Å². The standard InChI is InChI=1S/C12H18S/c1-9-8-12(13-10(9)2)11-6-4-3-5-7-11/h3-4,8-11H,5-7H2,1-2H3/t9?,10-,11?/m0/s1. The monoisotopic (exact) mass is 194 g/mol. The smallest absolute Gasteiger partial charge is 0.0123 e. The maximum absolute atomic E-state index is 2.50. The Hall–Kier alpha value is -0.170. The highest BCUT2D eigenvalue weighted by atomic mass is 32.2. The lowest BCUT2D eigenvalue weighted by Crippen LogP contribution is -2.03. The first-order valence-corrected chi connectivity index (χ1v) is 6.18. The molecule has 0 aromatic heterocycles. The normalized spacial score (nSPS) is 39.2. The van der Waals surface area contributed by atoms with Gasteiger partial charge in [-0.05, 0) is 36.0 Å². The quantitative estimate of drug-likeness (QED) is 0.569. The molecule has 0 nitrogen and oxygen atoms in total. The second-order valence-corrected chi connectivity index (χ2v) is 5.68. The van der Waals surface area contributed by atoms with Crippen LogP contribution in [0, 0.1) is 11.8 Å². The summed E-state index contributed by atoms with van der Waals surface area (Å²) < 4.78 is 0. The van der Waals surface area contributed by atoms with Gasteiger partial charge in [0.05, 0.1) is 0 Å². The van der Waals surface area contributed by atoms with Crippen LogP contribution in [0.5, 0.6) is 0 Å². The average molecular weight is 194 g/mol.